The molecule has 2 nitrogen and oxygen atoms in total. The first-order chi connectivity index (χ1) is 5.75. The monoisotopic (exact) mass is 184 g/mol. The summed E-state index contributed by atoms with van der Waals surface area (Å²) in [5.74, 6) is 0.545. The lowest BCUT2D eigenvalue weighted by molar-refractivity contribution is -0.598. The van der Waals surface area contributed by atoms with Crippen molar-refractivity contribution in [1.82, 2.24) is 0 Å². The van der Waals surface area contributed by atoms with E-state index in [0.717, 1.165) is 0 Å². The molecule has 0 N–H and O–H groups in total. The van der Waals surface area contributed by atoms with E-state index in [9.17, 15) is 0 Å². The molecule has 0 aliphatic heterocycles. The van der Waals surface area contributed by atoms with Crippen molar-refractivity contribution in [2.24, 2.45) is 0 Å². The first-order valence-corrected chi connectivity index (χ1v) is 4.11. The second kappa shape index (κ2) is 4.12. The first-order valence-electron chi connectivity index (χ1n) is 3.74. The summed E-state index contributed by atoms with van der Waals surface area (Å²) in [5.41, 5.74) is 0. The first kappa shape index (κ1) is 9.07. The fourth-order valence-electron chi connectivity index (χ4n) is 0.861. The maximum absolute atomic E-state index is 5.88. The van der Waals surface area contributed by atoms with Gasteiger partial charge in [0.2, 0.25) is 0 Å². The van der Waals surface area contributed by atoms with Gasteiger partial charge in [-0.3, -0.25) is 0 Å². The van der Waals surface area contributed by atoms with Crippen molar-refractivity contribution in [1.29, 1.82) is 0 Å². The minimum absolute atomic E-state index is 0.545. The third-order valence-corrected chi connectivity index (χ3v) is 1.70. The van der Waals surface area contributed by atoms with Crippen LogP contribution in [0.1, 0.15) is 6.92 Å². The van der Waals surface area contributed by atoms with E-state index in [1.807, 2.05) is 19.1 Å². The number of aromatic nitrogens is 1. The molecular formula is C9H11ClNO+. The summed E-state index contributed by atoms with van der Waals surface area (Å²) in [7, 11) is 0. The second-order valence-electron chi connectivity index (χ2n) is 2.22. The Hall–Kier alpha value is -1.02. The lowest BCUT2D eigenvalue weighted by Crippen LogP contribution is -2.33. The molecule has 0 unspecified atom stereocenters. The van der Waals surface area contributed by atoms with Gasteiger partial charge >= 0.3 is 5.88 Å². The van der Waals surface area contributed by atoms with Gasteiger partial charge in [-0.25, -0.2) is 0 Å². The van der Waals surface area contributed by atoms with E-state index in [-0.39, 0.29) is 0 Å². The summed E-state index contributed by atoms with van der Waals surface area (Å²) in [5, 5.41) is 0.593. The minimum Gasteiger partial charge on any atom is -0.445 e. The number of hydrogen-bond acceptors (Lipinski definition) is 1. The SMILES string of the molecule is C=C(OCC)[n+]1ccccc1Cl. The van der Waals surface area contributed by atoms with Crippen molar-refractivity contribution in [3.63, 3.8) is 0 Å². The van der Waals surface area contributed by atoms with Gasteiger partial charge in [0.25, 0.3) is 5.15 Å². The van der Waals surface area contributed by atoms with Crippen LogP contribution in [0, 0.1) is 0 Å². The van der Waals surface area contributed by atoms with Gasteiger partial charge in [0, 0.05) is 18.7 Å². The largest absolute Gasteiger partial charge is 0.445 e. The molecule has 0 bridgehead atoms. The minimum atomic E-state index is 0.545. The van der Waals surface area contributed by atoms with E-state index in [1.54, 1.807) is 16.8 Å². The van der Waals surface area contributed by atoms with Gasteiger partial charge < -0.3 is 4.74 Å². The van der Waals surface area contributed by atoms with Gasteiger partial charge in [-0.1, -0.05) is 0 Å². The Morgan fingerprint density at radius 2 is 2.42 bits per heavy atom. The molecule has 64 valence electrons. The Kier molecular flexibility index (Phi) is 3.11. The van der Waals surface area contributed by atoms with Crippen LogP contribution in [-0.2, 0) is 4.74 Å². The number of halogens is 1. The molecule has 1 aromatic heterocycles. The molecule has 0 saturated carbocycles. The molecule has 0 aliphatic carbocycles. The number of pyridine rings is 1. The topological polar surface area (TPSA) is 13.1 Å². The van der Waals surface area contributed by atoms with Crippen LogP contribution in [0.5, 0.6) is 0 Å². The number of ether oxygens (including phenoxy) is 1. The van der Waals surface area contributed by atoms with E-state index in [0.29, 0.717) is 17.6 Å². The Labute approximate surface area is 77.0 Å². The summed E-state index contributed by atoms with van der Waals surface area (Å²) in [6.45, 7) is 6.23. The van der Waals surface area contributed by atoms with Gasteiger partial charge in [-0.05, 0) is 24.6 Å². The molecule has 3 heteroatoms. The normalized spacial score (nSPS) is 9.50. The zero-order valence-corrected chi connectivity index (χ0v) is 7.71. The Morgan fingerprint density at radius 1 is 1.67 bits per heavy atom. The van der Waals surface area contributed by atoms with Crippen LogP contribution >= 0.6 is 11.6 Å². The fourth-order valence-corrected chi connectivity index (χ4v) is 1.08. The van der Waals surface area contributed by atoms with Gasteiger partial charge in [0.1, 0.15) is 0 Å². The highest BCUT2D eigenvalue weighted by molar-refractivity contribution is 6.28. The molecule has 1 heterocycles. The molecule has 0 atom stereocenters. The third kappa shape index (κ3) is 1.98. The van der Waals surface area contributed by atoms with Crippen molar-refractivity contribution < 1.29 is 9.30 Å². The highest BCUT2D eigenvalue weighted by atomic mass is 35.5. The van der Waals surface area contributed by atoms with E-state index < -0.39 is 0 Å². The average Bonchev–Trinajstić information content (AvgIpc) is 2.05. The second-order valence-corrected chi connectivity index (χ2v) is 2.61. The van der Waals surface area contributed by atoms with Crippen LogP contribution in [0.3, 0.4) is 0 Å². The maximum atomic E-state index is 5.88. The number of rotatable bonds is 3. The number of nitrogens with zero attached hydrogens (tertiary/aromatic N) is 1. The van der Waals surface area contributed by atoms with Gasteiger partial charge in [0.05, 0.1) is 6.61 Å². The average molecular weight is 185 g/mol. The van der Waals surface area contributed by atoms with Crippen molar-refractivity contribution >= 4 is 17.5 Å². The van der Waals surface area contributed by atoms with Crippen LogP contribution < -0.4 is 4.57 Å². The predicted molar refractivity (Wildman–Crippen MR) is 48.6 cm³/mol. The maximum Gasteiger partial charge on any atom is 0.367 e. The van der Waals surface area contributed by atoms with E-state index in [2.05, 4.69) is 6.58 Å². The molecule has 0 radical (unpaired) electrons. The van der Waals surface area contributed by atoms with E-state index >= 15 is 0 Å². The van der Waals surface area contributed by atoms with Gasteiger partial charge in [-0.15, -0.1) is 4.57 Å². The summed E-state index contributed by atoms with van der Waals surface area (Å²) >= 11 is 5.88. The van der Waals surface area contributed by atoms with Crippen LogP contribution in [0.2, 0.25) is 5.15 Å². The fraction of sp³-hybridized carbons (Fsp3) is 0.222. The Balaban J connectivity index is 2.87. The van der Waals surface area contributed by atoms with Crippen molar-refractivity contribution in [2.45, 2.75) is 6.92 Å². The molecule has 0 amide bonds. The number of hydrogen-bond donors (Lipinski definition) is 0. The molecule has 0 aliphatic rings. The van der Waals surface area contributed by atoms with Crippen LogP contribution in [-0.4, -0.2) is 6.61 Å². The third-order valence-electron chi connectivity index (χ3n) is 1.39. The molecule has 1 aromatic rings. The summed E-state index contributed by atoms with van der Waals surface area (Å²) < 4.78 is 6.88. The zero-order valence-electron chi connectivity index (χ0n) is 6.96. The lowest BCUT2D eigenvalue weighted by Gasteiger charge is -2.00. The molecule has 1 rings (SSSR count). The highest BCUT2D eigenvalue weighted by Gasteiger charge is 2.11. The van der Waals surface area contributed by atoms with Crippen LogP contribution in [0.15, 0.2) is 31.0 Å². The van der Waals surface area contributed by atoms with Crippen LogP contribution in [0.4, 0.5) is 0 Å². The zero-order chi connectivity index (χ0) is 8.97. The molecule has 12 heavy (non-hydrogen) atoms. The summed E-state index contributed by atoms with van der Waals surface area (Å²) in [6.07, 6.45) is 1.81. The summed E-state index contributed by atoms with van der Waals surface area (Å²) in [6, 6.07) is 5.51. The molecule has 0 fully saturated rings. The van der Waals surface area contributed by atoms with E-state index in [1.165, 1.54) is 0 Å². The Morgan fingerprint density at radius 3 is 3.00 bits per heavy atom. The molecule has 0 aromatic carbocycles. The smallest absolute Gasteiger partial charge is 0.367 e. The van der Waals surface area contributed by atoms with Crippen molar-refractivity contribution in [2.75, 3.05) is 6.61 Å². The van der Waals surface area contributed by atoms with Crippen molar-refractivity contribution in [3.8, 4) is 0 Å². The van der Waals surface area contributed by atoms with Gasteiger partial charge in [0.15, 0.2) is 6.20 Å². The van der Waals surface area contributed by atoms with Gasteiger partial charge in [-0.2, -0.15) is 0 Å². The standard InChI is InChI=1S/C9H11ClNO/c1-3-12-8(2)11-7-5-4-6-9(11)10/h4-7H,2-3H2,1H3/q+1. The van der Waals surface area contributed by atoms with Crippen LogP contribution in [0.25, 0.3) is 5.88 Å². The highest BCUT2D eigenvalue weighted by Crippen LogP contribution is 2.03. The summed E-state index contributed by atoms with van der Waals surface area (Å²) in [4.78, 5) is 0. The molecule has 0 spiro atoms. The van der Waals surface area contributed by atoms with E-state index in [4.69, 9.17) is 16.3 Å². The Bertz CT molecular complexity index is 286. The molecular weight excluding hydrogens is 174 g/mol. The predicted octanol–water partition coefficient (Wildman–Crippen LogP) is 2.09. The van der Waals surface area contributed by atoms with Crippen molar-refractivity contribution in [3.05, 3.63) is 36.1 Å². The molecule has 0 saturated heterocycles. The quantitative estimate of drug-likeness (QED) is 0.398. The lowest BCUT2D eigenvalue weighted by atomic mass is 10.5.